The van der Waals surface area contributed by atoms with E-state index in [2.05, 4.69) is 17.1 Å². The molecule has 6 heteroatoms. The molecular formula is C11H13N4OS+. The highest BCUT2D eigenvalue weighted by Gasteiger charge is 2.95. The molecule has 0 aromatic rings. The molecule has 0 bridgehead atoms. The van der Waals surface area contributed by atoms with E-state index in [1.807, 2.05) is 6.92 Å². The Morgan fingerprint density at radius 2 is 2.35 bits per heavy atom. The Balaban J connectivity index is 2.20. The third-order valence-electron chi connectivity index (χ3n) is 4.28. The van der Waals surface area contributed by atoms with Gasteiger partial charge in [0, 0.05) is 11.7 Å². The predicted molar refractivity (Wildman–Crippen MR) is 61.2 cm³/mol. The van der Waals surface area contributed by atoms with Gasteiger partial charge in [-0.25, -0.2) is 4.99 Å². The second-order valence-electron chi connectivity index (χ2n) is 4.65. The summed E-state index contributed by atoms with van der Waals surface area (Å²) < 4.78 is 5.76. The zero-order chi connectivity index (χ0) is 12.3. The molecule has 1 saturated heterocycles. The maximum absolute atomic E-state index is 9.60. The number of rotatable bonds is 1. The molecule has 0 unspecified atom stereocenters. The van der Waals surface area contributed by atoms with Gasteiger partial charge in [-0.2, -0.15) is 10.5 Å². The minimum atomic E-state index is -0.867. The third kappa shape index (κ3) is 0.801. The van der Waals surface area contributed by atoms with Crippen LogP contribution in [-0.4, -0.2) is 23.3 Å². The monoisotopic (exact) mass is 249 g/mol. The minimum Gasteiger partial charge on any atom is -0.327 e. The van der Waals surface area contributed by atoms with Crippen molar-refractivity contribution in [3.05, 3.63) is 0 Å². The average Bonchev–Trinajstić information content (AvgIpc) is 2.59. The lowest BCUT2D eigenvalue weighted by molar-refractivity contribution is -0.584. The molecule has 5 nitrogen and oxygen atoms in total. The van der Waals surface area contributed by atoms with Crippen molar-refractivity contribution in [1.82, 2.24) is 0 Å². The molecule has 0 aromatic heterocycles. The summed E-state index contributed by atoms with van der Waals surface area (Å²) in [5.41, 5.74) is 4.29. The molecule has 0 aromatic carbocycles. The molecule has 0 radical (unpaired) electrons. The highest BCUT2D eigenvalue weighted by molar-refractivity contribution is 8.00. The molecule has 4 atom stereocenters. The number of amidine groups is 1. The Bertz CT molecular complexity index is 499. The van der Waals surface area contributed by atoms with E-state index >= 15 is 0 Å². The molecule has 0 amide bonds. The fourth-order valence-electron chi connectivity index (χ4n) is 3.61. The molecule has 1 saturated carbocycles. The van der Waals surface area contributed by atoms with E-state index in [4.69, 9.17) is 10.5 Å². The Hall–Kier alpha value is -1.24. The van der Waals surface area contributed by atoms with Gasteiger partial charge in [0.15, 0.2) is 10.8 Å². The maximum Gasteiger partial charge on any atom is 0.277 e. The van der Waals surface area contributed by atoms with Crippen molar-refractivity contribution in [3.8, 4) is 12.1 Å². The van der Waals surface area contributed by atoms with E-state index in [9.17, 15) is 10.5 Å². The molecule has 2 aliphatic heterocycles. The fourth-order valence-corrected chi connectivity index (χ4v) is 4.99. The van der Waals surface area contributed by atoms with E-state index in [0.29, 0.717) is 12.4 Å². The number of fused-ring (bicyclic) bond motifs is 2. The SMILES string of the molecule is CC[C@@H]1[C@@]2(C#N)[C@@]3([NH+]=C(N)[C@@]12C#N)OCCS3. The summed E-state index contributed by atoms with van der Waals surface area (Å²) in [5, 5.41) is 18.3. The molecule has 1 aliphatic carbocycles. The number of thioether (sulfide) groups is 1. The van der Waals surface area contributed by atoms with Crippen molar-refractivity contribution < 1.29 is 9.73 Å². The van der Waals surface area contributed by atoms with Crippen LogP contribution in [0.4, 0.5) is 0 Å². The molecule has 17 heavy (non-hydrogen) atoms. The molecule has 3 aliphatic rings. The molecule has 2 fully saturated rings. The average molecular weight is 249 g/mol. The van der Waals surface area contributed by atoms with Gasteiger partial charge in [0.2, 0.25) is 0 Å². The van der Waals surface area contributed by atoms with E-state index in [-0.39, 0.29) is 5.92 Å². The summed E-state index contributed by atoms with van der Waals surface area (Å²) in [6.45, 7) is 2.58. The fraction of sp³-hybridized carbons (Fsp3) is 0.727. The van der Waals surface area contributed by atoms with Gasteiger partial charge in [0.1, 0.15) is 0 Å². The normalized spacial score (nSPS) is 50.5. The number of nitriles is 2. The lowest BCUT2D eigenvalue weighted by Crippen LogP contribution is -2.88. The van der Waals surface area contributed by atoms with Gasteiger partial charge in [-0.3, -0.25) is 5.73 Å². The first-order valence-corrected chi connectivity index (χ1v) is 6.65. The molecule has 3 N–H and O–H groups in total. The van der Waals surface area contributed by atoms with Crippen molar-refractivity contribution in [2.75, 3.05) is 12.4 Å². The quantitative estimate of drug-likeness (QED) is 0.616. The second kappa shape index (κ2) is 2.95. The van der Waals surface area contributed by atoms with Crippen molar-refractivity contribution >= 4 is 17.6 Å². The summed E-state index contributed by atoms with van der Waals surface area (Å²) >= 11 is 1.55. The lowest BCUT2D eigenvalue weighted by Gasteiger charge is -2.23. The van der Waals surface area contributed by atoms with Crippen LogP contribution in [0.3, 0.4) is 0 Å². The Labute approximate surface area is 104 Å². The van der Waals surface area contributed by atoms with Crippen LogP contribution in [0.15, 0.2) is 0 Å². The zero-order valence-corrected chi connectivity index (χ0v) is 10.3. The molecule has 2 heterocycles. The predicted octanol–water partition coefficient (Wildman–Crippen LogP) is -1.09. The Morgan fingerprint density at radius 1 is 1.59 bits per heavy atom. The van der Waals surface area contributed by atoms with Crippen molar-refractivity contribution in [1.29, 1.82) is 10.5 Å². The van der Waals surface area contributed by atoms with Crippen LogP contribution in [0.5, 0.6) is 0 Å². The van der Waals surface area contributed by atoms with Crippen LogP contribution in [0, 0.1) is 39.4 Å². The third-order valence-corrected chi connectivity index (χ3v) is 5.60. The summed E-state index contributed by atoms with van der Waals surface area (Å²) in [6.07, 6.45) is 0.759. The van der Waals surface area contributed by atoms with Gasteiger partial charge in [0.05, 0.1) is 18.7 Å². The number of ether oxygens (including phenoxy) is 1. The summed E-state index contributed by atoms with van der Waals surface area (Å²) in [6, 6.07) is 4.61. The van der Waals surface area contributed by atoms with Crippen molar-refractivity contribution in [2.45, 2.75) is 18.4 Å². The first-order chi connectivity index (χ1) is 8.15. The largest absolute Gasteiger partial charge is 0.327 e. The second-order valence-corrected chi connectivity index (χ2v) is 5.92. The maximum atomic E-state index is 9.60. The smallest absolute Gasteiger partial charge is 0.277 e. The van der Waals surface area contributed by atoms with Crippen LogP contribution in [0.1, 0.15) is 13.3 Å². The topological polar surface area (TPSA) is 96.8 Å². The van der Waals surface area contributed by atoms with E-state index in [1.165, 1.54) is 0 Å². The molecule has 88 valence electrons. The van der Waals surface area contributed by atoms with Crippen LogP contribution in [0.2, 0.25) is 0 Å². The highest BCUT2D eigenvalue weighted by atomic mass is 32.2. The van der Waals surface area contributed by atoms with Gasteiger partial charge >= 0.3 is 0 Å². The molecule has 1 spiro atoms. The molecule has 3 rings (SSSR count). The van der Waals surface area contributed by atoms with Gasteiger partial charge in [-0.05, 0) is 6.42 Å². The van der Waals surface area contributed by atoms with Gasteiger partial charge in [-0.15, -0.1) is 0 Å². The number of hydrogen-bond acceptors (Lipinski definition) is 5. The standard InChI is InChI=1S/C11H12N4OS/c1-2-7-9(5-12)8(14)15-11(10(7,9)6-13)16-3-4-17-11/h7H,2-4H2,1H3,(H2,14,15)/p+1/t7-,9+,10+,11+/m0/s1. The van der Waals surface area contributed by atoms with Gasteiger partial charge in [0.25, 0.3) is 10.9 Å². The summed E-state index contributed by atoms with van der Waals surface area (Å²) in [5.74, 6) is 1.20. The van der Waals surface area contributed by atoms with E-state index in [0.717, 1.165) is 12.2 Å². The number of nitrogens with one attached hydrogen (secondary N) is 1. The van der Waals surface area contributed by atoms with Crippen LogP contribution >= 0.6 is 11.8 Å². The lowest BCUT2D eigenvalue weighted by atomic mass is 9.95. The van der Waals surface area contributed by atoms with Crippen molar-refractivity contribution in [3.63, 3.8) is 0 Å². The van der Waals surface area contributed by atoms with Crippen LogP contribution in [0.25, 0.3) is 0 Å². The number of nitrogens with two attached hydrogens (primary N) is 1. The number of nitrogens with zero attached hydrogens (tertiary/aromatic N) is 2. The van der Waals surface area contributed by atoms with E-state index < -0.39 is 15.9 Å². The van der Waals surface area contributed by atoms with Crippen LogP contribution < -0.4 is 10.7 Å². The summed E-state index contributed by atoms with van der Waals surface area (Å²) in [4.78, 5) is 3.07. The summed E-state index contributed by atoms with van der Waals surface area (Å²) in [7, 11) is 0. The Morgan fingerprint density at radius 3 is 2.76 bits per heavy atom. The van der Waals surface area contributed by atoms with Crippen molar-refractivity contribution in [2.24, 2.45) is 22.5 Å². The van der Waals surface area contributed by atoms with Gasteiger partial charge in [-0.1, -0.05) is 18.7 Å². The minimum absolute atomic E-state index is 0.0307. The van der Waals surface area contributed by atoms with Gasteiger partial charge < -0.3 is 4.74 Å². The first kappa shape index (κ1) is 10.9. The molecular weight excluding hydrogens is 236 g/mol. The zero-order valence-electron chi connectivity index (χ0n) is 9.49. The van der Waals surface area contributed by atoms with E-state index in [1.54, 1.807) is 11.8 Å². The number of hydrogen-bond donors (Lipinski definition) is 2. The Kier molecular flexibility index (Phi) is 1.89. The van der Waals surface area contributed by atoms with Crippen LogP contribution in [-0.2, 0) is 4.74 Å². The highest BCUT2D eigenvalue weighted by Crippen LogP contribution is 2.77. The first-order valence-electron chi connectivity index (χ1n) is 5.66.